The highest BCUT2D eigenvalue weighted by atomic mass is 19.3. The highest BCUT2D eigenvalue weighted by Crippen LogP contribution is 2.44. The lowest BCUT2D eigenvalue weighted by Gasteiger charge is -2.38. The van der Waals surface area contributed by atoms with Gasteiger partial charge in [0.15, 0.2) is 5.82 Å². The van der Waals surface area contributed by atoms with Gasteiger partial charge in [-0.15, -0.1) is 0 Å². The third kappa shape index (κ3) is 5.21. The number of nitrogens with zero attached hydrogens (tertiary/aromatic N) is 5. The molecule has 2 N–H and O–H groups in total. The quantitative estimate of drug-likeness (QED) is 0.231. The first-order valence-electron chi connectivity index (χ1n) is 15.7. The van der Waals surface area contributed by atoms with Crippen LogP contribution in [0.15, 0.2) is 42.1 Å². The van der Waals surface area contributed by atoms with Crippen molar-refractivity contribution in [3.63, 3.8) is 0 Å². The number of hydrogen-bond donors (Lipinski definition) is 2. The van der Waals surface area contributed by atoms with Gasteiger partial charge in [-0.3, -0.25) is 9.88 Å². The summed E-state index contributed by atoms with van der Waals surface area (Å²) in [4.78, 5) is 17.5. The summed E-state index contributed by atoms with van der Waals surface area (Å²) in [5.41, 5.74) is -1.17. The number of phenolic OH excluding ortho intramolecular Hbond substituents is 1. The van der Waals surface area contributed by atoms with Gasteiger partial charge in [-0.25, -0.2) is 8.78 Å². The van der Waals surface area contributed by atoms with Gasteiger partial charge in [-0.05, 0) is 86.5 Å². The molecule has 2 aromatic heterocycles. The Morgan fingerprint density at radius 3 is 2.65 bits per heavy atom. The van der Waals surface area contributed by atoms with E-state index < -0.39 is 28.9 Å². The van der Waals surface area contributed by atoms with Crippen molar-refractivity contribution < 1.29 is 32.5 Å². The average Bonchev–Trinajstić information content (AvgIpc) is 3.57. The lowest BCUT2D eigenvalue weighted by molar-refractivity contribution is 0.0447. The van der Waals surface area contributed by atoms with E-state index in [4.69, 9.17) is 4.74 Å². The van der Waals surface area contributed by atoms with Crippen molar-refractivity contribution in [2.75, 3.05) is 37.7 Å². The van der Waals surface area contributed by atoms with Gasteiger partial charge in [0.2, 0.25) is 0 Å². The number of halogens is 4. The largest absolute Gasteiger partial charge is 0.508 e. The summed E-state index contributed by atoms with van der Waals surface area (Å²) >= 11 is 0. The van der Waals surface area contributed by atoms with Crippen LogP contribution in [0.3, 0.4) is 0 Å². The summed E-state index contributed by atoms with van der Waals surface area (Å²) in [6.45, 7) is 5.21. The van der Waals surface area contributed by atoms with Crippen molar-refractivity contribution in [1.82, 2.24) is 19.9 Å². The molecule has 8 nitrogen and oxygen atoms in total. The molecule has 3 aliphatic heterocycles. The van der Waals surface area contributed by atoms with Crippen molar-refractivity contribution in [1.29, 1.82) is 0 Å². The number of phenols is 1. The van der Waals surface area contributed by atoms with Gasteiger partial charge < -0.3 is 19.8 Å². The topological polar surface area (TPSA) is 94.8 Å². The molecule has 0 radical (unpaired) electrons. The summed E-state index contributed by atoms with van der Waals surface area (Å²) in [5, 5.41) is 22.7. The zero-order valence-electron chi connectivity index (χ0n) is 25.7. The van der Waals surface area contributed by atoms with Crippen LogP contribution in [-0.4, -0.2) is 74.0 Å². The summed E-state index contributed by atoms with van der Waals surface area (Å²) in [6, 6.07) is 5.59. The van der Waals surface area contributed by atoms with E-state index in [0.717, 1.165) is 6.42 Å². The predicted molar refractivity (Wildman–Crippen MR) is 166 cm³/mol. The molecule has 0 bridgehead atoms. The third-order valence-electron chi connectivity index (χ3n) is 9.78. The van der Waals surface area contributed by atoms with Gasteiger partial charge >= 0.3 is 6.01 Å². The number of anilines is 1. The van der Waals surface area contributed by atoms with Crippen LogP contribution < -0.4 is 9.64 Å². The van der Waals surface area contributed by atoms with Gasteiger partial charge in [-0.2, -0.15) is 18.7 Å². The molecule has 0 amide bonds. The van der Waals surface area contributed by atoms with Crippen molar-refractivity contribution in [2.45, 2.75) is 63.5 Å². The average molecular weight is 638 g/mol. The Morgan fingerprint density at radius 2 is 1.89 bits per heavy atom. The van der Waals surface area contributed by atoms with E-state index >= 15 is 4.39 Å². The molecule has 46 heavy (non-hydrogen) atoms. The van der Waals surface area contributed by atoms with Gasteiger partial charge in [-0.1, -0.05) is 13.0 Å². The fourth-order valence-electron chi connectivity index (χ4n) is 7.61. The number of pyridine rings is 1. The lowest BCUT2D eigenvalue weighted by atomic mass is 9.94. The molecule has 7 rings (SSSR count). The minimum Gasteiger partial charge on any atom is -0.508 e. The van der Waals surface area contributed by atoms with Crippen molar-refractivity contribution in [2.24, 2.45) is 0 Å². The number of benzene rings is 2. The molecule has 0 spiro atoms. The number of aliphatic hydroxyl groups is 1. The number of fused-ring (bicyclic) bond motifs is 3. The Morgan fingerprint density at radius 1 is 1.09 bits per heavy atom. The van der Waals surface area contributed by atoms with Crippen LogP contribution in [0.25, 0.3) is 32.9 Å². The lowest BCUT2D eigenvalue weighted by Crippen LogP contribution is -2.46. The first-order chi connectivity index (χ1) is 22.0. The summed E-state index contributed by atoms with van der Waals surface area (Å²) in [5.74, 6) is -1.05. The maximum atomic E-state index is 16.8. The summed E-state index contributed by atoms with van der Waals surface area (Å²) in [7, 11) is 0. The smallest absolute Gasteiger partial charge is 0.319 e. The molecular formula is C34H35F4N5O3. The molecule has 4 aromatic rings. The van der Waals surface area contributed by atoms with E-state index in [2.05, 4.69) is 15.0 Å². The molecule has 0 aliphatic carbocycles. The molecule has 2 aromatic carbocycles. The van der Waals surface area contributed by atoms with Crippen LogP contribution >= 0.6 is 0 Å². The van der Waals surface area contributed by atoms with Gasteiger partial charge in [0.1, 0.15) is 35.2 Å². The third-order valence-corrected chi connectivity index (χ3v) is 9.78. The normalized spacial score (nSPS) is 23.5. The first kappa shape index (κ1) is 30.6. The first-order valence-corrected chi connectivity index (χ1v) is 15.7. The second-order valence-corrected chi connectivity index (χ2v) is 13.1. The van der Waals surface area contributed by atoms with Crippen molar-refractivity contribution in [3.8, 4) is 23.0 Å². The van der Waals surface area contributed by atoms with Gasteiger partial charge in [0.25, 0.3) is 6.08 Å². The number of hydrogen-bond acceptors (Lipinski definition) is 8. The van der Waals surface area contributed by atoms with E-state index in [1.54, 1.807) is 13.8 Å². The van der Waals surface area contributed by atoms with E-state index in [1.807, 2.05) is 9.80 Å². The minimum absolute atomic E-state index is 0.0440. The molecule has 12 heteroatoms. The molecule has 5 heterocycles. The number of piperidine rings is 1. The van der Waals surface area contributed by atoms with Crippen LogP contribution in [0.5, 0.6) is 11.8 Å². The number of aromatic hydroxyl groups is 1. The molecule has 3 saturated heterocycles. The maximum absolute atomic E-state index is 16.8. The van der Waals surface area contributed by atoms with E-state index in [1.165, 1.54) is 30.5 Å². The Hall–Kier alpha value is -4.03. The van der Waals surface area contributed by atoms with Crippen LogP contribution in [-0.2, 0) is 6.42 Å². The van der Waals surface area contributed by atoms with Crippen LogP contribution in [0.1, 0.15) is 51.5 Å². The Balaban J connectivity index is 1.37. The fraction of sp³-hybridized carbons (Fsp3) is 0.441. The number of β-amino-alcohol motifs (C(OH)–C–C–N with tert-alkyl or cyclic N) is 1. The number of aromatic nitrogens is 3. The molecule has 2 atom stereocenters. The molecule has 3 fully saturated rings. The standard InChI is InChI=1S/C34H35F4N5O3/c1-3-22-25(35)7-6-19-12-21(44)13-23(26(19)22)28-27(36)29-24(15-39-28)31(42-10-4-8-33(2,45)17-42)41-32(40-29)46-18-34-9-5-11-43(34)16-20(14-34)30(37)38/h6-7,12-13,15,44-45H,3-5,8-11,14,16-18H2,1-2H3/t33-,34+/m1/s1. The SMILES string of the molecule is CCc1c(F)ccc2cc(O)cc(-c3ncc4c(N5CCC[C@@](C)(O)C5)nc(OC[C@@]56CCCN5CC(=C(F)F)C6)nc4c3F)c12. The zero-order valence-corrected chi connectivity index (χ0v) is 25.7. The maximum Gasteiger partial charge on any atom is 0.319 e. The second kappa shape index (κ2) is 11.3. The van der Waals surface area contributed by atoms with Crippen LogP contribution in [0.2, 0.25) is 0 Å². The van der Waals surface area contributed by atoms with E-state index in [9.17, 15) is 23.4 Å². The van der Waals surface area contributed by atoms with Gasteiger partial charge in [0, 0.05) is 37.0 Å². The fourth-order valence-corrected chi connectivity index (χ4v) is 7.61. The van der Waals surface area contributed by atoms with Crippen molar-refractivity contribution in [3.05, 3.63) is 59.3 Å². The molecule has 0 unspecified atom stereocenters. The minimum atomic E-state index is -1.66. The molecule has 3 aliphatic rings. The van der Waals surface area contributed by atoms with Crippen LogP contribution in [0.4, 0.5) is 23.4 Å². The summed E-state index contributed by atoms with van der Waals surface area (Å²) in [6.07, 6.45) is 3.07. The highest BCUT2D eigenvalue weighted by Gasteiger charge is 2.48. The summed E-state index contributed by atoms with van der Waals surface area (Å²) < 4.78 is 65.0. The Labute approximate surface area is 263 Å². The zero-order chi connectivity index (χ0) is 32.4. The second-order valence-electron chi connectivity index (χ2n) is 13.1. The van der Waals surface area contributed by atoms with E-state index in [-0.39, 0.29) is 60.2 Å². The number of rotatable bonds is 6. The van der Waals surface area contributed by atoms with E-state index in [0.29, 0.717) is 66.3 Å². The molecule has 0 saturated carbocycles. The number of aryl methyl sites for hydroxylation is 1. The van der Waals surface area contributed by atoms with Crippen LogP contribution in [0, 0.1) is 11.6 Å². The predicted octanol–water partition coefficient (Wildman–Crippen LogP) is 6.51. The monoisotopic (exact) mass is 637 g/mol. The molecular weight excluding hydrogens is 602 g/mol. The Kier molecular flexibility index (Phi) is 7.55. The Bertz CT molecular complexity index is 1900. The molecule has 242 valence electrons. The van der Waals surface area contributed by atoms with Gasteiger partial charge in [0.05, 0.1) is 16.5 Å². The number of ether oxygens (including phenoxy) is 1. The highest BCUT2D eigenvalue weighted by molar-refractivity contribution is 6.01. The van der Waals surface area contributed by atoms with Crippen molar-refractivity contribution >= 4 is 27.5 Å².